The van der Waals surface area contributed by atoms with Gasteiger partial charge >= 0.3 is 5.97 Å². The van der Waals surface area contributed by atoms with Crippen molar-refractivity contribution in [2.75, 3.05) is 0 Å². The Hall–Kier alpha value is -3.56. The van der Waals surface area contributed by atoms with Crippen LogP contribution in [0.3, 0.4) is 0 Å². The minimum atomic E-state index is -0.489. The van der Waals surface area contributed by atoms with Gasteiger partial charge in [-0.05, 0) is 43.7 Å². The van der Waals surface area contributed by atoms with Crippen LogP contribution in [0, 0.1) is 13.8 Å². The SMILES string of the molecule is Cc1sc2ncnc(Sc3ccccc3C(=O)OCc3cc(=O)n4ccccc4n3)c2c1C. The second kappa shape index (κ2) is 8.76. The number of thiophene rings is 1. The number of pyridine rings is 1. The fourth-order valence-corrected chi connectivity index (χ4v) is 5.58. The third-order valence-electron chi connectivity index (χ3n) is 5.22. The maximum absolute atomic E-state index is 12.9. The molecule has 0 saturated heterocycles. The highest BCUT2D eigenvalue weighted by Gasteiger charge is 2.18. The zero-order valence-corrected chi connectivity index (χ0v) is 19.4. The average molecular weight is 475 g/mol. The molecule has 0 atom stereocenters. The fraction of sp³-hybridized carbons (Fsp3) is 0.125. The van der Waals surface area contributed by atoms with E-state index in [0.717, 1.165) is 25.7 Å². The number of carbonyl (C=O) groups excluding carboxylic acids is 1. The van der Waals surface area contributed by atoms with Crippen molar-refractivity contribution in [3.63, 3.8) is 0 Å². The Morgan fingerprint density at radius 2 is 1.94 bits per heavy atom. The summed E-state index contributed by atoms with van der Waals surface area (Å²) >= 11 is 3.04. The monoisotopic (exact) mass is 474 g/mol. The smallest absolute Gasteiger partial charge is 0.339 e. The van der Waals surface area contributed by atoms with Gasteiger partial charge in [0.15, 0.2) is 0 Å². The lowest BCUT2D eigenvalue weighted by Gasteiger charge is -2.10. The molecule has 4 heterocycles. The van der Waals surface area contributed by atoms with Crippen LogP contribution in [0.2, 0.25) is 0 Å². The lowest BCUT2D eigenvalue weighted by molar-refractivity contribution is 0.0463. The van der Waals surface area contributed by atoms with Gasteiger partial charge in [0.05, 0.1) is 11.3 Å². The van der Waals surface area contributed by atoms with E-state index in [1.807, 2.05) is 12.1 Å². The summed E-state index contributed by atoms with van der Waals surface area (Å²) in [5.74, 6) is -0.489. The number of nitrogens with zero attached hydrogens (tertiary/aromatic N) is 4. The molecule has 5 rings (SSSR count). The Morgan fingerprint density at radius 1 is 1.12 bits per heavy atom. The summed E-state index contributed by atoms with van der Waals surface area (Å²) in [6.07, 6.45) is 3.19. The largest absolute Gasteiger partial charge is 0.456 e. The highest BCUT2D eigenvalue weighted by atomic mass is 32.2. The Kier molecular flexibility index (Phi) is 5.65. The van der Waals surface area contributed by atoms with Crippen LogP contribution < -0.4 is 5.56 Å². The van der Waals surface area contributed by atoms with Gasteiger partial charge in [-0.1, -0.05) is 30.0 Å². The molecule has 0 aliphatic heterocycles. The number of esters is 1. The van der Waals surface area contributed by atoms with Crippen molar-refractivity contribution in [2.24, 2.45) is 0 Å². The van der Waals surface area contributed by atoms with Crippen molar-refractivity contribution in [2.45, 2.75) is 30.4 Å². The van der Waals surface area contributed by atoms with Gasteiger partial charge in [-0.25, -0.2) is 19.7 Å². The quantitative estimate of drug-likeness (QED) is 0.266. The van der Waals surface area contributed by atoms with Gasteiger partial charge in [0, 0.05) is 27.4 Å². The molecular weight excluding hydrogens is 456 g/mol. The van der Waals surface area contributed by atoms with E-state index in [1.165, 1.54) is 27.1 Å². The molecule has 0 spiro atoms. The van der Waals surface area contributed by atoms with Gasteiger partial charge in [0.1, 0.15) is 28.4 Å². The zero-order valence-electron chi connectivity index (χ0n) is 17.8. The number of aryl methyl sites for hydroxylation is 2. The van der Waals surface area contributed by atoms with Gasteiger partial charge in [-0.2, -0.15) is 0 Å². The molecule has 164 valence electrons. The predicted octanol–water partition coefficient (Wildman–Crippen LogP) is 4.82. The molecule has 0 unspecified atom stereocenters. The van der Waals surface area contributed by atoms with Crippen LogP contribution in [0.25, 0.3) is 15.9 Å². The summed E-state index contributed by atoms with van der Waals surface area (Å²) in [5.41, 5.74) is 2.24. The second-order valence-corrected chi connectivity index (χ2v) is 9.56. The van der Waals surface area contributed by atoms with Crippen LogP contribution in [0.1, 0.15) is 26.5 Å². The molecule has 1 aromatic carbocycles. The number of rotatable bonds is 5. The molecule has 0 bridgehead atoms. The van der Waals surface area contributed by atoms with Crippen LogP contribution in [0.5, 0.6) is 0 Å². The standard InChI is InChI=1S/C24H18N4O3S2/c1-14-15(2)32-22-21(14)23(26-13-25-22)33-18-8-4-3-7-17(18)24(30)31-12-16-11-20(29)28-10-6-5-9-19(28)27-16/h3-11,13H,12H2,1-2H3. The summed E-state index contributed by atoms with van der Waals surface area (Å²) in [7, 11) is 0. The number of hydrogen-bond acceptors (Lipinski definition) is 8. The summed E-state index contributed by atoms with van der Waals surface area (Å²) in [6.45, 7) is 4.02. The summed E-state index contributed by atoms with van der Waals surface area (Å²) in [5, 5.41) is 1.81. The van der Waals surface area contributed by atoms with Gasteiger partial charge < -0.3 is 4.74 Å². The minimum Gasteiger partial charge on any atom is -0.456 e. The third kappa shape index (κ3) is 4.12. The van der Waals surface area contributed by atoms with E-state index in [9.17, 15) is 9.59 Å². The van der Waals surface area contributed by atoms with E-state index in [1.54, 1.807) is 54.2 Å². The number of aromatic nitrogens is 4. The average Bonchev–Trinajstić information content (AvgIpc) is 3.12. The van der Waals surface area contributed by atoms with Crippen molar-refractivity contribution >= 4 is 44.9 Å². The van der Waals surface area contributed by atoms with E-state index < -0.39 is 5.97 Å². The first-order valence-electron chi connectivity index (χ1n) is 10.1. The van der Waals surface area contributed by atoms with Crippen molar-refractivity contribution in [1.82, 2.24) is 19.4 Å². The summed E-state index contributed by atoms with van der Waals surface area (Å²) in [4.78, 5) is 41.3. The number of carbonyl (C=O) groups is 1. The summed E-state index contributed by atoms with van der Waals surface area (Å²) in [6, 6.07) is 13.9. The zero-order chi connectivity index (χ0) is 22.9. The van der Waals surface area contributed by atoms with Crippen LogP contribution in [-0.4, -0.2) is 25.3 Å². The predicted molar refractivity (Wildman–Crippen MR) is 128 cm³/mol. The van der Waals surface area contributed by atoms with Crippen molar-refractivity contribution in [3.05, 3.63) is 93.1 Å². The third-order valence-corrected chi connectivity index (χ3v) is 7.41. The maximum Gasteiger partial charge on any atom is 0.339 e. The lowest BCUT2D eigenvalue weighted by atomic mass is 10.2. The minimum absolute atomic E-state index is 0.0982. The van der Waals surface area contributed by atoms with Crippen LogP contribution in [0.4, 0.5) is 0 Å². The van der Waals surface area contributed by atoms with Crippen LogP contribution >= 0.6 is 23.1 Å². The Labute approximate surface area is 197 Å². The van der Waals surface area contributed by atoms with E-state index in [2.05, 4.69) is 28.8 Å². The van der Waals surface area contributed by atoms with Crippen LogP contribution in [0.15, 0.2) is 75.8 Å². The van der Waals surface area contributed by atoms with E-state index in [0.29, 0.717) is 16.9 Å². The molecule has 0 aliphatic carbocycles. The first-order chi connectivity index (χ1) is 16.0. The fourth-order valence-electron chi connectivity index (χ4n) is 3.45. The Morgan fingerprint density at radius 3 is 2.82 bits per heavy atom. The van der Waals surface area contributed by atoms with Gasteiger partial charge in [0.2, 0.25) is 0 Å². The molecular formula is C24H18N4O3S2. The van der Waals surface area contributed by atoms with Crippen LogP contribution in [-0.2, 0) is 11.3 Å². The Bertz CT molecular complexity index is 1580. The molecule has 0 radical (unpaired) electrons. The van der Waals surface area contributed by atoms with Crippen molar-refractivity contribution < 1.29 is 9.53 Å². The lowest BCUT2D eigenvalue weighted by Crippen LogP contribution is -2.16. The first-order valence-corrected chi connectivity index (χ1v) is 11.8. The maximum atomic E-state index is 12.9. The second-order valence-electron chi connectivity index (χ2n) is 7.33. The highest BCUT2D eigenvalue weighted by Crippen LogP contribution is 2.38. The van der Waals surface area contributed by atoms with E-state index in [-0.39, 0.29) is 12.2 Å². The molecule has 9 heteroatoms. The normalized spacial score (nSPS) is 11.2. The van der Waals surface area contributed by atoms with Gasteiger partial charge in [-0.3, -0.25) is 9.20 Å². The number of fused-ring (bicyclic) bond motifs is 2. The molecule has 0 amide bonds. The molecule has 0 aliphatic rings. The highest BCUT2D eigenvalue weighted by molar-refractivity contribution is 7.99. The molecule has 7 nitrogen and oxygen atoms in total. The molecule has 5 aromatic rings. The molecule has 0 fully saturated rings. The molecule has 33 heavy (non-hydrogen) atoms. The molecule has 4 aromatic heterocycles. The van der Waals surface area contributed by atoms with Crippen molar-refractivity contribution in [3.8, 4) is 0 Å². The molecule has 0 N–H and O–H groups in total. The summed E-state index contributed by atoms with van der Waals surface area (Å²) < 4.78 is 6.96. The van der Waals surface area contributed by atoms with Gasteiger partial charge in [-0.15, -0.1) is 11.3 Å². The number of hydrogen-bond donors (Lipinski definition) is 0. The van der Waals surface area contributed by atoms with E-state index in [4.69, 9.17) is 4.74 Å². The topological polar surface area (TPSA) is 86.5 Å². The molecule has 0 saturated carbocycles. The van der Waals surface area contributed by atoms with Crippen molar-refractivity contribution in [1.29, 1.82) is 0 Å². The van der Waals surface area contributed by atoms with E-state index >= 15 is 0 Å². The number of benzene rings is 1. The number of ether oxygens (including phenoxy) is 1. The Balaban J connectivity index is 1.40. The van der Waals surface area contributed by atoms with Gasteiger partial charge in [0.25, 0.3) is 5.56 Å². The first kappa shape index (κ1) is 21.3.